The number of aryl methyl sites for hydroxylation is 1. The average molecular weight is 241 g/mol. The van der Waals surface area contributed by atoms with Crippen molar-refractivity contribution < 1.29 is 9.47 Å². The number of methoxy groups -OCH3 is 1. The number of ether oxygens (including phenoxy) is 2. The molecule has 6 heteroatoms. The molecule has 0 aliphatic rings. The Morgan fingerprint density at radius 2 is 2.35 bits per heavy atom. The van der Waals surface area contributed by atoms with Crippen LogP contribution in [0.5, 0.6) is 5.75 Å². The van der Waals surface area contributed by atoms with Crippen LogP contribution in [0, 0.1) is 0 Å². The molecule has 0 saturated heterocycles. The van der Waals surface area contributed by atoms with Crippen molar-refractivity contribution >= 4 is 0 Å². The van der Waals surface area contributed by atoms with Crippen LogP contribution in [0.25, 0.3) is 0 Å². The Kier molecular flexibility index (Phi) is 5.65. The maximum Gasteiger partial charge on any atom is 0.270 e. The summed E-state index contributed by atoms with van der Waals surface area (Å²) in [6.45, 7) is 3.35. The van der Waals surface area contributed by atoms with Crippen molar-refractivity contribution in [1.29, 1.82) is 0 Å². The minimum absolute atomic E-state index is 0.0702. The van der Waals surface area contributed by atoms with Gasteiger partial charge in [0.05, 0.1) is 6.20 Å². The van der Waals surface area contributed by atoms with E-state index in [-0.39, 0.29) is 11.6 Å². The number of aromatic nitrogens is 2. The lowest BCUT2D eigenvalue weighted by Crippen LogP contribution is -2.26. The van der Waals surface area contributed by atoms with Gasteiger partial charge in [-0.2, -0.15) is 5.10 Å². The van der Waals surface area contributed by atoms with Gasteiger partial charge in [0.2, 0.25) is 0 Å². The van der Waals surface area contributed by atoms with Crippen LogP contribution in [-0.2, 0) is 11.3 Å². The highest BCUT2D eigenvalue weighted by atomic mass is 16.5. The molecule has 17 heavy (non-hydrogen) atoms. The molecule has 1 aromatic rings. The summed E-state index contributed by atoms with van der Waals surface area (Å²) < 4.78 is 11.6. The first-order chi connectivity index (χ1) is 8.13. The van der Waals surface area contributed by atoms with Crippen LogP contribution in [-0.4, -0.2) is 36.1 Å². The second-order valence-corrected chi connectivity index (χ2v) is 3.89. The highest BCUT2D eigenvalue weighted by Crippen LogP contribution is 2.03. The van der Waals surface area contributed by atoms with Gasteiger partial charge >= 0.3 is 0 Å². The van der Waals surface area contributed by atoms with Crippen molar-refractivity contribution in [1.82, 2.24) is 9.78 Å². The molecule has 0 radical (unpaired) electrons. The molecule has 1 unspecified atom stereocenters. The summed E-state index contributed by atoms with van der Waals surface area (Å²) in [5.74, 6) is 0.454. The summed E-state index contributed by atoms with van der Waals surface area (Å²) in [6.07, 6.45) is 2.28. The molecule has 1 rings (SSSR count). The zero-order valence-corrected chi connectivity index (χ0v) is 10.3. The molecule has 0 aliphatic heterocycles. The van der Waals surface area contributed by atoms with Gasteiger partial charge in [0.25, 0.3) is 5.56 Å². The van der Waals surface area contributed by atoms with Gasteiger partial charge in [-0.1, -0.05) is 0 Å². The first-order valence-electron chi connectivity index (χ1n) is 5.58. The summed E-state index contributed by atoms with van der Waals surface area (Å²) in [5, 5.41) is 4.01. The van der Waals surface area contributed by atoms with E-state index in [0.29, 0.717) is 25.5 Å². The van der Waals surface area contributed by atoms with Crippen LogP contribution in [0.15, 0.2) is 17.1 Å². The topological polar surface area (TPSA) is 79.4 Å². The Balaban J connectivity index is 2.56. The molecule has 0 fully saturated rings. The molecular weight excluding hydrogens is 222 g/mol. The van der Waals surface area contributed by atoms with Gasteiger partial charge in [-0.15, -0.1) is 0 Å². The van der Waals surface area contributed by atoms with Crippen LogP contribution in [0.4, 0.5) is 0 Å². The predicted molar refractivity (Wildman–Crippen MR) is 64.1 cm³/mol. The molecule has 0 saturated carbocycles. The molecule has 96 valence electrons. The highest BCUT2D eigenvalue weighted by Gasteiger charge is 2.02. The summed E-state index contributed by atoms with van der Waals surface area (Å²) in [6, 6.07) is 1.35. The van der Waals surface area contributed by atoms with Crippen molar-refractivity contribution in [3.05, 3.63) is 22.6 Å². The van der Waals surface area contributed by atoms with E-state index in [0.717, 1.165) is 6.42 Å². The minimum Gasteiger partial charge on any atom is -0.490 e. The molecule has 6 nitrogen and oxygen atoms in total. The first kappa shape index (κ1) is 13.7. The van der Waals surface area contributed by atoms with E-state index in [9.17, 15) is 4.79 Å². The third-order valence-corrected chi connectivity index (χ3v) is 2.08. The van der Waals surface area contributed by atoms with Gasteiger partial charge in [0.15, 0.2) is 0 Å². The zero-order chi connectivity index (χ0) is 12.7. The van der Waals surface area contributed by atoms with Crippen LogP contribution in [0.3, 0.4) is 0 Å². The Morgan fingerprint density at radius 1 is 1.59 bits per heavy atom. The third-order valence-electron chi connectivity index (χ3n) is 2.08. The van der Waals surface area contributed by atoms with Crippen molar-refractivity contribution in [2.45, 2.75) is 25.9 Å². The fourth-order valence-corrected chi connectivity index (χ4v) is 1.25. The fraction of sp³-hybridized carbons (Fsp3) is 0.636. The number of hydrogen-bond donors (Lipinski definition) is 1. The summed E-state index contributed by atoms with van der Waals surface area (Å²) in [5.41, 5.74) is 5.37. The molecule has 1 heterocycles. The highest BCUT2D eigenvalue weighted by molar-refractivity contribution is 5.13. The summed E-state index contributed by atoms with van der Waals surface area (Å²) >= 11 is 0. The maximum atomic E-state index is 11.6. The molecule has 0 amide bonds. The molecule has 0 aliphatic carbocycles. The van der Waals surface area contributed by atoms with Gasteiger partial charge in [-0.3, -0.25) is 4.79 Å². The zero-order valence-electron chi connectivity index (χ0n) is 10.3. The Morgan fingerprint density at radius 3 is 2.94 bits per heavy atom. The average Bonchev–Trinajstić information content (AvgIpc) is 2.29. The molecule has 0 bridgehead atoms. The number of nitrogens with zero attached hydrogens (tertiary/aromatic N) is 2. The predicted octanol–water partition coefficient (Wildman–Crippen LogP) is 0.00580. The number of nitrogens with two attached hydrogens (primary N) is 1. The van der Waals surface area contributed by atoms with E-state index in [1.807, 2.05) is 6.92 Å². The van der Waals surface area contributed by atoms with E-state index in [4.69, 9.17) is 15.2 Å². The molecule has 2 N–H and O–H groups in total. The maximum absolute atomic E-state index is 11.6. The van der Waals surface area contributed by atoms with Gasteiger partial charge in [-0.25, -0.2) is 4.68 Å². The molecule has 0 spiro atoms. The lowest BCUT2D eigenvalue weighted by Gasteiger charge is -2.09. The van der Waals surface area contributed by atoms with Crippen molar-refractivity contribution in [2.75, 3.05) is 20.3 Å². The van der Waals surface area contributed by atoms with Gasteiger partial charge < -0.3 is 15.2 Å². The van der Waals surface area contributed by atoms with Crippen molar-refractivity contribution in [2.24, 2.45) is 5.73 Å². The van der Waals surface area contributed by atoms with Gasteiger partial charge in [0.1, 0.15) is 12.4 Å². The number of rotatable bonds is 7. The second kappa shape index (κ2) is 7.03. The fourth-order valence-electron chi connectivity index (χ4n) is 1.25. The molecule has 1 aromatic heterocycles. The van der Waals surface area contributed by atoms with Crippen LogP contribution >= 0.6 is 0 Å². The lowest BCUT2D eigenvalue weighted by molar-refractivity contribution is 0.188. The summed E-state index contributed by atoms with van der Waals surface area (Å²) in [7, 11) is 1.63. The van der Waals surface area contributed by atoms with Gasteiger partial charge in [0, 0.05) is 32.4 Å². The van der Waals surface area contributed by atoms with Crippen LogP contribution in [0.2, 0.25) is 0 Å². The normalized spacial score (nSPS) is 12.4. The van der Waals surface area contributed by atoms with E-state index >= 15 is 0 Å². The van der Waals surface area contributed by atoms with Gasteiger partial charge in [-0.05, 0) is 13.3 Å². The summed E-state index contributed by atoms with van der Waals surface area (Å²) in [4.78, 5) is 11.6. The van der Waals surface area contributed by atoms with E-state index in [1.54, 1.807) is 7.11 Å². The SMILES string of the molecule is COCCCn1ncc(OCC(C)N)cc1=O. The minimum atomic E-state index is -0.178. The second-order valence-electron chi connectivity index (χ2n) is 3.89. The van der Waals surface area contributed by atoms with Crippen molar-refractivity contribution in [3.63, 3.8) is 0 Å². The van der Waals surface area contributed by atoms with E-state index in [2.05, 4.69) is 5.10 Å². The Bertz CT molecular complexity index is 390. The van der Waals surface area contributed by atoms with Crippen LogP contribution < -0.4 is 16.0 Å². The largest absolute Gasteiger partial charge is 0.490 e. The molecule has 0 aromatic carbocycles. The molecule has 1 atom stereocenters. The Hall–Kier alpha value is -1.40. The first-order valence-corrected chi connectivity index (χ1v) is 5.58. The third kappa shape index (κ3) is 4.97. The van der Waals surface area contributed by atoms with Crippen LogP contribution in [0.1, 0.15) is 13.3 Å². The van der Waals surface area contributed by atoms with Crippen molar-refractivity contribution in [3.8, 4) is 5.75 Å². The number of hydrogen-bond acceptors (Lipinski definition) is 5. The molecular formula is C11H19N3O3. The monoisotopic (exact) mass is 241 g/mol. The quantitative estimate of drug-likeness (QED) is 0.680. The smallest absolute Gasteiger partial charge is 0.270 e. The standard InChI is InChI=1S/C11H19N3O3/c1-9(12)8-17-10-6-11(15)14(13-7-10)4-3-5-16-2/h6-7,9H,3-5,8,12H2,1-2H3. The lowest BCUT2D eigenvalue weighted by atomic mass is 10.4. The van der Waals surface area contributed by atoms with E-state index < -0.39 is 0 Å². The van der Waals surface area contributed by atoms with E-state index in [1.165, 1.54) is 16.9 Å². The Labute approximate surface area is 100 Å².